The van der Waals surface area contributed by atoms with Crippen LogP contribution in [0, 0.1) is 6.92 Å². The molecular formula is C16H18N2O3S. The third-order valence-electron chi connectivity index (χ3n) is 3.08. The lowest BCUT2D eigenvalue weighted by molar-refractivity contribution is -0.137. The average Bonchev–Trinajstić information content (AvgIpc) is 2.89. The molecule has 0 saturated heterocycles. The van der Waals surface area contributed by atoms with Crippen LogP contribution in [0.25, 0.3) is 10.6 Å². The zero-order valence-electron chi connectivity index (χ0n) is 13.0. The molecule has 1 heterocycles. The summed E-state index contributed by atoms with van der Waals surface area (Å²) in [4.78, 5) is 30.2. The minimum atomic E-state index is -0.816. The SMILES string of the molecule is Cc1nc(-c2ccccc2)sc1C(=O)O[C@H](C)C(=O)N(C)C. The topological polar surface area (TPSA) is 59.5 Å². The van der Waals surface area contributed by atoms with Crippen molar-refractivity contribution in [2.45, 2.75) is 20.0 Å². The molecule has 1 amide bonds. The zero-order chi connectivity index (χ0) is 16.3. The molecule has 0 unspecified atom stereocenters. The summed E-state index contributed by atoms with van der Waals surface area (Å²) in [5.74, 6) is -0.765. The van der Waals surface area contributed by atoms with Gasteiger partial charge in [0.05, 0.1) is 5.69 Å². The predicted molar refractivity (Wildman–Crippen MR) is 85.9 cm³/mol. The van der Waals surface area contributed by atoms with Crippen LogP contribution < -0.4 is 0 Å². The summed E-state index contributed by atoms with van der Waals surface area (Å²) in [6.45, 7) is 3.33. The van der Waals surface area contributed by atoms with Gasteiger partial charge >= 0.3 is 5.97 Å². The zero-order valence-corrected chi connectivity index (χ0v) is 13.8. The largest absolute Gasteiger partial charge is 0.448 e. The van der Waals surface area contributed by atoms with Crippen LogP contribution in [0.2, 0.25) is 0 Å². The number of amides is 1. The van der Waals surface area contributed by atoms with Gasteiger partial charge in [0.15, 0.2) is 6.10 Å². The maximum Gasteiger partial charge on any atom is 0.351 e. The second-order valence-electron chi connectivity index (χ2n) is 5.08. The Bertz CT molecular complexity index is 680. The number of esters is 1. The van der Waals surface area contributed by atoms with Crippen LogP contribution in [-0.2, 0) is 9.53 Å². The molecule has 5 nitrogen and oxygen atoms in total. The van der Waals surface area contributed by atoms with E-state index in [0.717, 1.165) is 10.6 Å². The number of rotatable bonds is 4. The van der Waals surface area contributed by atoms with Crippen molar-refractivity contribution in [1.29, 1.82) is 0 Å². The molecule has 0 aliphatic heterocycles. The van der Waals surface area contributed by atoms with Crippen molar-refractivity contribution < 1.29 is 14.3 Å². The number of hydrogen-bond donors (Lipinski definition) is 0. The Kier molecular flexibility index (Phi) is 4.92. The van der Waals surface area contributed by atoms with E-state index < -0.39 is 12.1 Å². The predicted octanol–water partition coefficient (Wildman–Crippen LogP) is 2.75. The molecular weight excluding hydrogens is 300 g/mol. The summed E-state index contributed by atoms with van der Waals surface area (Å²) in [6.07, 6.45) is -0.816. The molecule has 22 heavy (non-hydrogen) atoms. The molecule has 0 saturated carbocycles. The van der Waals surface area contributed by atoms with Gasteiger partial charge in [0.1, 0.15) is 9.88 Å². The fraction of sp³-hybridized carbons (Fsp3) is 0.312. The second-order valence-corrected chi connectivity index (χ2v) is 6.08. The Hall–Kier alpha value is -2.21. The van der Waals surface area contributed by atoms with Crippen LogP contribution in [0.5, 0.6) is 0 Å². The molecule has 2 aromatic rings. The highest BCUT2D eigenvalue weighted by Gasteiger charge is 2.23. The number of hydrogen-bond acceptors (Lipinski definition) is 5. The third kappa shape index (κ3) is 3.51. The van der Waals surface area contributed by atoms with E-state index >= 15 is 0 Å². The maximum atomic E-state index is 12.2. The van der Waals surface area contributed by atoms with Gasteiger partial charge in [-0.25, -0.2) is 9.78 Å². The average molecular weight is 318 g/mol. The standard InChI is InChI=1S/C16H18N2O3S/c1-10-13(16(20)21-11(2)15(19)18(3)4)22-14(17-10)12-8-6-5-7-9-12/h5-9,11H,1-4H3/t11-/m1/s1. The highest BCUT2D eigenvalue weighted by molar-refractivity contribution is 7.17. The molecule has 6 heteroatoms. The quantitative estimate of drug-likeness (QED) is 0.813. The number of nitrogens with zero attached hydrogens (tertiary/aromatic N) is 2. The maximum absolute atomic E-state index is 12.2. The van der Waals surface area contributed by atoms with Crippen LogP contribution in [0.15, 0.2) is 30.3 Å². The van der Waals surface area contributed by atoms with Crippen molar-refractivity contribution >= 4 is 23.2 Å². The van der Waals surface area contributed by atoms with Gasteiger partial charge in [-0.15, -0.1) is 11.3 Å². The van der Waals surface area contributed by atoms with Crippen molar-refractivity contribution in [2.24, 2.45) is 0 Å². The van der Waals surface area contributed by atoms with E-state index in [4.69, 9.17) is 4.74 Å². The first-order valence-electron chi connectivity index (χ1n) is 6.85. The third-order valence-corrected chi connectivity index (χ3v) is 4.26. The Morgan fingerprint density at radius 3 is 2.45 bits per heavy atom. The van der Waals surface area contributed by atoms with Gasteiger partial charge in [0.25, 0.3) is 5.91 Å². The monoisotopic (exact) mass is 318 g/mol. The van der Waals surface area contributed by atoms with E-state index in [1.807, 2.05) is 30.3 Å². The molecule has 116 valence electrons. The lowest BCUT2D eigenvalue weighted by Gasteiger charge is -2.16. The molecule has 1 aromatic heterocycles. The van der Waals surface area contributed by atoms with Crippen molar-refractivity contribution in [3.05, 3.63) is 40.9 Å². The molecule has 0 bridgehead atoms. The molecule has 0 fully saturated rings. The van der Waals surface area contributed by atoms with E-state index in [1.54, 1.807) is 27.9 Å². The van der Waals surface area contributed by atoms with Gasteiger partial charge in [-0.3, -0.25) is 4.79 Å². The Labute approximate surface area is 133 Å². The summed E-state index contributed by atoms with van der Waals surface area (Å²) in [5, 5.41) is 0.761. The summed E-state index contributed by atoms with van der Waals surface area (Å²) >= 11 is 1.27. The minimum absolute atomic E-state index is 0.251. The number of carbonyl (C=O) groups is 2. The van der Waals surface area contributed by atoms with Crippen LogP contribution in [0.4, 0.5) is 0 Å². The molecule has 1 aromatic carbocycles. The van der Waals surface area contributed by atoms with E-state index in [0.29, 0.717) is 10.6 Å². The van der Waals surface area contributed by atoms with Gasteiger partial charge in [-0.1, -0.05) is 30.3 Å². The van der Waals surface area contributed by atoms with Gasteiger partial charge in [-0.05, 0) is 13.8 Å². The van der Waals surface area contributed by atoms with Gasteiger partial charge < -0.3 is 9.64 Å². The van der Waals surface area contributed by atoms with Crippen molar-refractivity contribution in [2.75, 3.05) is 14.1 Å². The summed E-state index contributed by atoms with van der Waals surface area (Å²) in [5.41, 5.74) is 1.56. The second kappa shape index (κ2) is 6.70. The van der Waals surface area contributed by atoms with E-state index in [-0.39, 0.29) is 5.91 Å². The normalized spacial score (nSPS) is 11.8. The van der Waals surface area contributed by atoms with Crippen LogP contribution in [-0.4, -0.2) is 42.0 Å². The number of likely N-dealkylation sites (N-methyl/N-ethyl adjacent to an activating group) is 1. The molecule has 0 radical (unpaired) electrons. The number of thiazole rings is 1. The first-order valence-corrected chi connectivity index (χ1v) is 7.66. The fourth-order valence-corrected chi connectivity index (χ4v) is 2.87. The Balaban J connectivity index is 2.18. The lowest BCUT2D eigenvalue weighted by atomic mass is 10.2. The van der Waals surface area contributed by atoms with Crippen LogP contribution in [0.3, 0.4) is 0 Å². The molecule has 0 aliphatic rings. The number of aryl methyl sites for hydroxylation is 1. The van der Waals surface area contributed by atoms with E-state index in [1.165, 1.54) is 16.2 Å². The highest BCUT2D eigenvalue weighted by atomic mass is 32.1. The fourth-order valence-electron chi connectivity index (χ4n) is 1.92. The molecule has 0 aliphatic carbocycles. The number of carbonyl (C=O) groups excluding carboxylic acids is 2. The smallest absolute Gasteiger partial charge is 0.351 e. The molecule has 2 rings (SSSR count). The molecule has 0 N–H and O–H groups in total. The highest BCUT2D eigenvalue weighted by Crippen LogP contribution is 2.28. The van der Waals surface area contributed by atoms with Crippen LogP contribution >= 0.6 is 11.3 Å². The van der Waals surface area contributed by atoms with Crippen molar-refractivity contribution in [3.8, 4) is 10.6 Å². The number of aromatic nitrogens is 1. The number of ether oxygens (including phenoxy) is 1. The van der Waals surface area contributed by atoms with Crippen molar-refractivity contribution in [3.63, 3.8) is 0 Å². The van der Waals surface area contributed by atoms with E-state index in [9.17, 15) is 9.59 Å². The van der Waals surface area contributed by atoms with Gasteiger partial charge in [0.2, 0.25) is 0 Å². The first-order chi connectivity index (χ1) is 10.4. The molecule has 0 spiro atoms. The van der Waals surface area contributed by atoms with Gasteiger partial charge in [-0.2, -0.15) is 0 Å². The summed E-state index contributed by atoms with van der Waals surface area (Å²) in [6, 6.07) is 9.63. The number of benzene rings is 1. The molecule has 1 atom stereocenters. The minimum Gasteiger partial charge on any atom is -0.448 e. The summed E-state index contributed by atoms with van der Waals surface area (Å²) < 4.78 is 5.23. The Morgan fingerprint density at radius 1 is 1.23 bits per heavy atom. The van der Waals surface area contributed by atoms with Gasteiger partial charge in [0, 0.05) is 19.7 Å². The van der Waals surface area contributed by atoms with Crippen molar-refractivity contribution in [1.82, 2.24) is 9.88 Å². The Morgan fingerprint density at radius 2 is 1.86 bits per heavy atom. The lowest BCUT2D eigenvalue weighted by Crippen LogP contribution is -2.34. The summed E-state index contributed by atoms with van der Waals surface area (Å²) in [7, 11) is 3.25. The van der Waals surface area contributed by atoms with E-state index in [2.05, 4.69) is 4.98 Å². The van der Waals surface area contributed by atoms with Crippen LogP contribution in [0.1, 0.15) is 22.3 Å². The first kappa shape index (κ1) is 16.2.